The van der Waals surface area contributed by atoms with Crippen molar-refractivity contribution in [3.05, 3.63) is 60.7 Å². The van der Waals surface area contributed by atoms with E-state index in [1.165, 1.54) is 6.07 Å². The summed E-state index contributed by atoms with van der Waals surface area (Å²) in [6.07, 6.45) is 3.40. The zero-order chi connectivity index (χ0) is 20.5. The molecule has 4 aromatic rings. The van der Waals surface area contributed by atoms with Crippen LogP contribution in [0.1, 0.15) is 0 Å². The summed E-state index contributed by atoms with van der Waals surface area (Å²) in [5.74, 6) is 0.243. The zero-order valence-electron chi connectivity index (χ0n) is 16.1. The predicted molar refractivity (Wildman–Crippen MR) is 114 cm³/mol. The topological polar surface area (TPSA) is 86.3 Å². The molecule has 8 heteroatoms. The average molecular weight is 405 g/mol. The molecule has 0 spiro atoms. The van der Waals surface area contributed by atoms with Crippen LogP contribution in [0, 0.1) is 5.82 Å². The number of rotatable bonds is 4. The summed E-state index contributed by atoms with van der Waals surface area (Å²) in [5.41, 5.74) is 3.00. The highest BCUT2D eigenvalue weighted by Crippen LogP contribution is 2.35. The number of aromatic hydroxyl groups is 1. The number of hydrogen-bond donors (Lipinski definition) is 3. The Labute approximate surface area is 172 Å². The third-order valence-corrected chi connectivity index (χ3v) is 5.17. The minimum absolute atomic E-state index is 0.00924. The Morgan fingerprint density at radius 3 is 2.73 bits per heavy atom. The second-order valence-electron chi connectivity index (χ2n) is 7.06. The molecule has 0 bridgehead atoms. The minimum Gasteiger partial charge on any atom is -0.494 e. The molecule has 0 saturated carbocycles. The van der Waals surface area contributed by atoms with Crippen LogP contribution in [0.5, 0.6) is 5.88 Å². The van der Waals surface area contributed by atoms with Crippen molar-refractivity contribution in [2.75, 3.05) is 36.5 Å². The molecular formula is C22H20FN5O2. The molecule has 0 unspecified atom stereocenters. The minimum atomic E-state index is -0.358. The lowest BCUT2D eigenvalue weighted by Crippen LogP contribution is -2.36. The molecule has 0 amide bonds. The average Bonchev–Trinajstić information content (AvgIpc) is 3.16. The van der Waals surface area contributed by atoms with Gasteiger partial charge in [-0.3, -0.25) is 0 Å². The molecule has 1 saturated heterocycles. The summed E-state index contributed by atoms with van der Waals surface area (Å²) in [5, 5.41) is 14.0. The number of nitrogens with one attached hydrogen (secondary N) is 2. The van der Waals surface area contributed by atoms with Gasteiger partial charge in [-0.05, 0) is 30.3 Å². The number of morpholine rings is 1. The van der Waals surface area contributed by atoms with Crippen molar-refractivity contribution in [1.29, 1.82) is 0 Å². The summed E-state index contributed by atoms with van der Waals surface area (Å²) in [7, 11) is 0. The number of aromatic amines is 1. The highest BCUT2D eigenvalue weighted by Gasteiger charge is 2.16. The van der Waals surface area contributed by atoms with Gasteiger partial charge in [-0.1, -0.05) is 12.1 Å². The number of H-pyrrole nitrogens is 1. The van der Waals surface area contributed by atoms with Crippen molar-refractivity contribution >= 4 is 28.1 Å². The number of aromatic nitrogens is 3. The summed E-state index contributed by atoms with van der Waals surface area (Å²) in [6.45, 7) is 3.09. The Morgan fingerprint density at radius 1 is 1.13 bits per heavy atom. The molecule has 1 aromatic carbocycles. The molecule has 1 aliphatic rings. The van der Waals surface area contributed by atoms with Gasteiger partial charge >= 0.3 is 0 Å². The van der Waals surface area contributed by atoms with E-state index < -0.39 is 0 Å². The molecule has 7 nitrogen and oxygen atoms in total. The molecule has 0 aliphatic carbocycles. The summed E-state index contributed by atoms with van der Waals surface area (Å²) in [6, 6.07) is 12.1. The zero-order valence-corrected chi connectivity index (χ0v) is 16.1. The van der Waals surface area contributed by atoms with E-state index >= 15 is 0 Å². The van der Waals surface area contributed by atoms with Crippen molar-refractivity contribution in [2.24, 2.45) is 0 Å². The maximum atomic E-state index is 14.3. The van der Waals surface area contributed by atoms with Gasteiger partial charge in [0.2, 0.25) is 0 Å². The van der Waals surface area contributed by atoms with E-state index in [1.54, 1.807) is 36.7 Å². The molecule has 0 atom stereocenters. The molecular weight excluding hydrogens is 385 g/mol. The third kappa shape index (κ3) is 3.42. The van der Waals surface area contributed by atoms with Crippen LogP contribution in [0.25, 0.3) is 22.2 Å². The lowest BCUT2D eigenvalue weighted by atomic mass is 10.1. The summed E-state index contributed by atoms with van der Waals surface area (Å²) in [4.78, 5) is 14.0. The van der Waals surface area contributed by atoms with Gasteiger partial charge in [0.05, 0.1) is 47.4 Å². The van der Waals surface area contributed by atoms with E-state index in [2.05, 4.69) is 25.2 Å². The van der Waals surface area contributed by atoms with Crippen LogP contribution in [0.2, 0.25) is 0 Å². The number of pyridine rings is 2. The first-order valence-electron chi connectivity index (χ1n) is 9.71. The van der Waals surface area contributed by atoms with Gasteiger partial charge in [-0.2, -0.15) is 0 Å². The van der Waals surface area contributed by atoms with Crippen molar-refractivity contribution in [3.63, 3.8) is 0 Å². The smallest absolute Gasteiger partial charge is 0.200 e. The summed E-state index contributed by atoms with van der Waals surface area (Å²) < 4.78 is 19.7. The van der Waals surface area contributed by atoms with E-state index in [4.69, 9.17) is 4.74 Å². The highest BCUT2D eigenvalue weighted by molar-refractivity contribution is 5.99. The first-order chi connectivity index (χ1) is 14.7. The van der Waals surface area contributed by atoms with Crippen LogP contribution >= 0.6 is 0 Å². The van der Waals surface area contributed by atoms with Gasteiger partial charge in [0.15, 0.2) is 5.88 Å². The molecule has 1 fully saturated rings. The Bertz CT molecular complexity index is 1190. The molecule has 3 aromatic heterocycles. The molecule has 4 heterocycles. The molecule has 0 radical (unpaired) electrons. The predicted octanol–water partition coefficient (Wildman–Crippen LogP) is 4.05. The van der Waals surface area contributed by atoms with Crippen LogP contribution in [0.3, 0.4) is 0 Å². The van der Waals surface area contributed by atoms with Gasteiger partial charge in [0, 0.05) is 24.8 Å². The van der Waals surface area contributed by atoms with Crippen LogP contribution in [0.4, 0.5) is 21.6 Å². The molecule has 1 aliphatic heterocycles. The van der Waals surface area contributed by atoms with Crippen molar-refractivity contribution in [1.82, 2.24) is 15.0 Å². The van der Waals surface area contributed by atoms with E-state index in [0.717, 1.165) is 18.8 Å². The molecule has 3 N–H and O–H groups in total. The number of fused-ring (bicyclic) bond motifs is 1. The first-order valence-corrected chi connectivity index (χ1v) is 9.71. The van der Waals surface area contributed by atoms with Crippen LogP contribution < -0.4 is 10.2 Å². The molecule has 5 rings (SSSR count). The fourth-order valence-corrected chi connectivity index (χ4v) is 3.64. The number of anilines is 3. The second kappa shape index (κ2) is 7.64. The standard InChI is InChI=1S/C22H20FN5O2/c23-16-4-2-1-3-15(16)17-11-18(21-19(26-17)13-25-22(21)29)27-20-6-5-14(12-24-20)28-7-9-30-10-8-28/h1-6,11-13,25,29H,7-10H2,(H,24,27). The van der Waals surface area contributed by atoms with E-state index in [-0.39, 0.29) is 11.7 Å². The fraction of sp³-hybridized carbons (Fsp3) is 0.182. The number of nitrogens with zero attached hydrogens (tertiary/aromatic N) is 3. The lowest BCUT2D eigenvalue weighted by Gasteiger charge is -2.28. The number of ether oxygens (including phenoxy) is 1. The molecule has 152 valence electrons. The van der Waals surface area contributed by atoms with E-state index in [1.807, 2.05) is 12.1 Å². The third-order valence-electron chi connectivity index (χ3n) is 5.17. The Morgan fingerprint density at radius 2 is 1.97 bits per heavy atom. The Balaban J connectivity index is 1.50. The summed E-state index contributed by atoms with van der Waals surface area (Å²) >= 11 is 0. The maximum Gasteiger partial charge on any atom is 0.200 e. The van der Waals surface area contributed by atoms with Gasteiger partial charge in [-0.15, -0.1) is 0 Å². The fourth-order valence-electron chi connectivity index (χ4n) is 3.64. The normalized spacial score (nSPS) is 14.2. The van der Waals surface area contributed by atoms with Crippen LogP contribution in [0.15, 0.2) is 54.9 Å². The quantitative estimate of drug-likeness (QED) is 0.475. The number of hydrogen-bond acceptors (Lipinski definition) is 6. The first kappa shape index (κ1) is 18.4. The van der Waals surface area contributed by atoms with Gasteiger partial charge in [0.25, 0.3) is 0 Å². The second-order valence-corrected chi connectivity index (χ2v) is 7.06. The van der Waals surface area contributed by atoms with E-state index in [9.17, 15) is 9.50 Å². The van der Waals surface area contributed by atoms with Crippen molar-refractivity contribution in [2.45, 2.75) is 0 Å². The highest BCUT2D eigenvalue weighted by atomic mass is 19.1. The maximum absolute atomic E-state index is 14.3. The van der Waals surface area contributed by atoms with Gasteiger partial charge < -0.3 is 25.0 Å². The van der Waals surface area contributed by atoms with Gasteiger partial charge in [0.1, 0.15) is 11.6 Å². The molecule has 30 heavy (non-hydrogen) atoms. The van der Waals surface area contributed by atoms with Crippen LogP contribution in [-0.2, 0) is 4.74 Å². The lowest BCUT2D eigenvalue weighted by molar-refractivity contribution is 0.122. The van der Waals surface area contributed by atoms with E-state index in [0.29, 0.717) is 46.9 Å². The number of halogens is 1. The van der Waals surface area contributed by atoms with Crippen molar-refractivity contribution < 1.29 is 14.2 Å². The van der Waals surface area contributed by atoms with Crippen molar-refractivity contribution in [3.8, 4) is 17.1 Å². The van der Waals surface area contributed by atoms with Gasteiger partial charge in [-0.25, -0.2) is 14.4 Å². The largest absolute Gasteiger partial charge is 0.494 e. The monoisotopic (exact) mass is 405 g/mol. The Hall–Kier alpha value is -3.65. The SMILES string of the molecule is Oc1[nH]cc2nc(-c3ccccc3F)cc(Nc3ccc(N4CCOCC4)cn3)c12. The number of benzene rings is 1. The Kier molecular flexibility index (Phi) is 4.68. The van der Waals surface area contributed by atoms with Crippen LogP contribution in [-0.4, -0.2) is 46.4 Å².